The van der Waals surface area contributed by atoms with Crippen molar-refractivity contribution in [3.05, 3.63) is 35.9 Å². The van der Waals surface area contributed by atoms with Gasteiger partial charge in [0, 0.05) is 45.2 Å². The largest absolute Gasteiger partial charge is 0.356 e. The lowest BCUT2D eigenvalue weighted by Gasteiger charge is -2.22. The lowest BCUT2D eigenvalue weighted by atomic mass is 9.96. The third-order valence-corrected chi connectivity index (χ3v) is 5.59. The van der Waals surface area contributed by atoms with E-state index in [2.05, 4.69) is 62.8 Å². The predicted molar refractivity (Wildman–Crippen MR) is 105 cm³/mol. The van der Waals surface area contributed by atoms with Crippen molar-refractivity contribution in [3.63, 3.8) is 0 Å². The lowest BCUT2D eigenvalue weighted by Crippen LogP contribution is -2.44. The van der Waals surface area contributed by atoms with Crippen LogP contribution in [0.25, 0.3) is 0 Å². The average molecular weight is 344 g/mol. The van der Waals surface area contributed by atoms with E-state index in [0.29, 0.717) is 5.41 Å². The van der Waals surface area contributed by atoms with Gasteiger partial charge in [0.15, 0.2) is 5.96 Å². The first-order chi connectivity index (χ1) is 12.2. The Morgan fingerprint density at radius 1 is 1.08 bits per heavy atom. The van der Waals surface area contributed by atoms with Crippen LogP contribution in [0.4, 0.5) is 0 Å². The molecular weight excluding hydrogens is 310 g/mol. The van der Waals surface area contributed by atoms with Gasteiger partial charge in [-0.15, -0.1) is 0 Å². The van der Waals surface area contributed by atoms with Crippen molar-refractivity contribution < 1.29 is 0 Å². The fourth-order valence-electron chi connectivity index (χ4n) is 3.64. The molecular formula is C20H33N5. The topological polar surface area (TPSA) is 42.9 Å². The first-order valence-electron chi connectivity index (χ1n) is 9.63. The maximum absolute atomic E-state index is 4.39. The molecule has 1 heterocycles. The maximum atomic E-state index is 4.39. The van der Waals surface area contributed by atoms with Crippen LogP contribution in [0, 0.1) is 0 Å². The van der Waals surface area contributed by atoms with Gasteiger partial charge in [-0.2, -0.15) is 0 Å². The van der Waals surface area contributed by atoms with Gasteiger partial charge >= 0.3 is 0 Å². The van der Waals surface area contributed by atoms with Crippen molar-refractivity contribution in [1.29, 1.82) is 0 Å². The predicted octanol–water partition coefficient (Wildman–Crippen LogP) is 1.52. The lowest BCUT2D eigenvalue weighted by molar-refractivity contribution is 0.280. The number of nitrogens with one attached hydrogen (secondary N) is 2. The fourth-order valence-corrected chi connectivity index (χ4v) is 3.64. The van der Waals surface area contributed by atoms with Gasteiger partial charge in [-0.05, 0) is 45.0 Å². The van der Waals surface area contributed by atoms with Crippen LogP contribution in [0.2, 0.25) is 0 Å². The quantitative estimate of drug-likeness (QED) is 0.607. The minimum absolute atomic E-state index is 0.314. The molecule has 5 nitrogen and oxygen atoms in total. The highest BCUT2D eigenvalue weighted by molar-refractivity contribution is 5.79. The number of aliphatic imine (C=N–C) groups is 1. The zero-order chi connectivity index (χ0) is 17.5. The molecule has 0 bridgehead atoms. The van der Waals surface area contributed by atoms with Crippen molar-refractivity contribution in [2.24, 2.45) is 4.99 Å². The van der Waals surface area contributed by atoms with Crippen LogP contribution in [0.5, 0.6) is 0 Å². The fraction of sp³-hybridized carbons (Fsp3) is 0.650. The van der Waals surface area contributed by atoms with E-state index in [1.54, 1.807) is 0 Å². The average Bonchev–Trinajstić information content (AvgIpc) is 3.45. The van der Waals surface area contributed by atoms with Gasteiger partial charge in [0.05, 0.1) is 0 Å². The maximum Gasteiger partial charge on any atom is 0.191 e. The summed E-state index contributed by atoms with van der Waals surface area (Å²) in [6.07, 6.45) is 3.80. The summed E-state index contributed by atoms with van der Waals surface area (Å²) in [6.45, 7) is 7.75. The normalized spacial score (nSPS) is 21.6. The SMILES string of the molecule is CN=C(NCCN1CCCN(C)CC1)NCC1(c2ccccc2)CC1. The summed E-state index contributed by atoms with van der Waals surface area (Å²) in [7, 11) is 4.08. The summed E-state index contributed by atoms with van der Waals surface area (Å²) in [5.41, 5.74) is 1.76. The molecule has 0 aromatic heterocycles. The van der Waals surface area contributed by atoms with Gasteiger partial charge < -0.3 is 20.4 Å². The third-order valence-electron chi connectivity index (χ3n) is 5.59. The summed E-state index contributed by atoms with van der Waals surface area (Å²) in [5, 5.41) is 7.02. The molecule has 0 radical (unpaired) electrons. The number of nitrogens with zero attached hydrogens (tertiary/aromatic N) is 3. The number of hydrogen-bond donors (Lipinski definition) is 2. The molecule has 2 N–H and O–H groups in total. The van der Waals surface area contributed by atoms with Crippen LogP contribution >= 0.6 is 0 Å². The van der Waals surface area contributed by atoms with Crippen LogP contribution < -0.4 is 10.6 Å². The molecule has 0 amide bonds. The summed E-state index contributed by atoms with van der Waals surface area (Å²) in [4.78, 5) is 9.37. The highest BCUT2D eigenvalue weighted by Gasteiger charge is 2.43. The molecule has 25 heavy (non-hydrogen) atoms. The number of benzene rings is 1. The van der Waals surface area contributed by atoms with Gasteiger partial charge in [-0.25, -0.2) is 0 Å². The van der Waals surface area contributed by atoms with Crippen LogP contribution in [0.1, 0.15) is 24.8 Å². The Bertz CT molecular complexity index is 552. The van der Waals surface area contributed by atoms with Gasteiger partial charge in [0.2, 0.25) is 0 Å². The number of guanidine groups is 1. The van der Waals surface area contributed by atoms with E-state index in [1.807, 2.05) is 7.05 Å². The van der Waals surface area contributed by atoms with E-state index in [1.165, 1.54) is 51.0 Å². The van der Waals surface area contributed by atoms with Gasteiger partial charge in [-0.1, -0.05) is 30.3 Å². The van der Waals surface area contributed by atoms with Crippen LogP contribution in [-0.2, 0) is 5.41 Å². The molecule has 2 aliphatic rings. The van der Waals surface area contributed by atoms with Crippen LogP contribution in [0.15, 0.2) is 35.3 Å². The second kappa shape index (κ2) is 8.68. The van der Waals surface area contributed by atoms with E-state index in [0.717, 1.165) is 25.6 Å². The first kappa shape index (κ1) is 18.2. The summed E-state index contributed by atoms with van der Waals surface area (Å²) < 4.78 is 0. The van der Waals surface area contributed by atoms with Crippen LogP contribution in [-0.4, -0.2) is 75.7 Å². The Balaban J connectivity index is 1.40. The molecule has 5 heteroatoms. The molecule has 2 fully saturated rings. The zero-order valence-corrected chi connectivity index (χ0v) is 15.8. The Morgan fingerprint density at radius 3 is 2.60 bits per heavy atom. The second-order valence-electron chi connectivity index (χ2n) is 7.50. The Hall–Kier alpha value is -1.59. The van der Waals surface area contributed by atoms with Crippen molar-refractivity contribution in [1.82, 2.24) is 20.4 Å². The Morgan fingerprint density at radius 2 is 1.88 bits per heavy atom. The summed E-state index contributed by atoms with van der Waals surface area (Å²) >= 11 is 0. The number of rotatable bonds is 6. The third kappa shape index (κ3) is 5.19. The molecule has 0 unspecified atom stereocenters. The smallest absolute Gasteiger partial charge is 0.191 e. The van der Waals surface area contributed by atoms with Crippen molar-refractivity contribution in [3.8, 4) is 0 Å². The molecule has 1 aromatic rings. The standard InChI is InChI=1S/C20H33N5/c1-21-19(22-11-14-25-13-6-12-24(2)15-16-25)23-17-20(9-10-20)18-7-4-3-5-8-18/h3-5,7-8H,6,9-17H2,1-2H3,(H2,21,22,23). The van der Waals surface area contributed by atoms with Crippen molar-refractivity contribution in [2.75, 3.05) is 59.9 Å². The van der Waals surface area contributed by atoms with E-state index < -0.39 is 0 Å². The molecule has 138 valence electrons. The van der Waals surface area contributed by atoms with Crippen LogP contribution in [0.3, 0.4) is 0 Å². The van der Waals surface area contributed by atoms with E-state index >= 15 is 0 Å². The highest BCUT2D eigenvalue weighted by atomic mass is 15.2. The minimum Gasteiger partial charge on any atom is -0.356 e. The number of likely N-dealkylation sites (N-methyl/N-ethyl adjacent to an activating group) is 1. The monoisotopic (exact) mass is 343 g/mol. The summed E-state index contributed by atoms with van der Waals surface area (Å²) in [5.74, 6) is 0.925. The molecule has 3 rings (SSSR count). The van der Waals surface area contributed by atoms with E-state index in [9.17, 15) is 0 Å². The molecule has 1 aromatic carbocycles. The van der Waals surface area contributed by atoms with Crippen molar-refractivity contribution in [2.45, 2.75) is 24.7 Å². The van der Waals surface area contributed by atoms with Gasteiger partial charge in [-0.3, -0.25) is 4.99 Å². The van der Waals surface area contributed by atoms with E-state index in [-0.39, 0.29) is 0 Å². The second-order valence-corrected chi connectivity index (χ2v) is 7.50. The Kier molecular flexibility index (Phi) is 6.32. The zero-order valence-electron chi connectivity index (χ0n) is 15.8. The number of hydrogen-bond acceptors (Lipinski definition) is 3. The van der Waals surface area contributed by atoms with E-state index in [4.69, 9.17) is 0 Å². The summed E-state index contributed by atoms with van der Waals surface area (Å²) in [6, 6.07) is 10.9. The van der Waals surface area contributed by atoms with Gasteiger partial charge in [0.1, 0.15) is 0 Å². The Labute approximate surface area is 152 Å². The van der Waals surface area contributed by atoms with Crippen molar-refractivity contribution >= 4 is 5.96 Å². The highest BCUT2D eigenvalue weighted by Crippen LogP contribution is 2.47. The molecule has 0 spiro atoms. The van der Waals surface area contributed by atoms with Gasteiger partial charge in [0.25, 0.3) is 0 Å². The molecule has 1 saturated heterocycles. The molecule has 0 atom stereocenters. The minimum atomic E-state index is 0.314. The molecule has 1 saturated carbocycles. The molecule has 1 aliphatic heterocycles. The first-order valence-corrected chi connectivity index (χ1v) is 9.63. The molecule has 1 aliphatic carbocycles.